The van der Waals surface area contributed by atoms with Gasteiger partial charge in [-0.3, -0.25) is 4.90 Å². The van der Waals surface area contributed by atoms with E-state index in [4.69, 9.17) is 10.5 Å². The van der Waals surface area contributed by atoms with Crippen molar-refractivity contribution in [2.75, 3.05) is 20.2 Å². The number of hydrogen-bond donors (Lipinski definition) is 2. The third-order valence-electron chi connectivity index (χ3n) is 4.13. The molecule has 3 N–H and O–H groups in total. The number of benzene rings is 1. The minimum Gasteiger partial charge on any atom is -0.503 e. The quantitative estimate of drug-likeness (QED) is 0.882. The van der Waals surface area contributed by atoms with E-state index in [-0.39, 0.29) is 11.8 Å². The Morgan fingerprint density at radius 3 is 2.85 bits per heavy atom. The first-order valence-corrected chi connectivity index (χ1v) is 7.90. The Morgan fingerprint density at radius 1 is 1.50 bits per heavy atom. The Balaban J connectivity index is 2.33. The maximum Gasteiger partial charge on any atom is 0.172 e. The molecule has 0 amide bonds. The van der Waals surface area contributed by atoms with Gasteiger partial charge in [-0.25, -0.2) is 0 Å². The van der Waals surface area contributed by atoms with E-state index in [1.807, 2.05) is 12.1 Å². The van der Waals surface area contributed by atoms with E-state index >= 15 is 0 Å². The molecule has 1 aromatic carbocycles. The van der Waals surface area contributed by atoms with E-state index in [2.05, 4.69) is 27.8 Å². The molecule has 1 fully saturated rings. The zero-order valence-electron chi connectivity index (χ0n) is 12.1. The molecule has 1 aliphatic rings. The van der Waals surface area contributed by atoms with Crippen LogP contribution in [-0.2, 0) is 0 Å². The fraction of sp³-hybridized carbons (Fsp3) is 0.600. The lowest BCUT2D eigenvalue weighted by atomic mass is 9.97. The number of methoxy groups -OCH3 is 1. The van der Waals surface area contributed by atoms with Gasteiger partial charge in [-0.2, -0.15) is 0 Å². The van der Waals surface area contributed by atoms with Gasteiger partial charge in [0.1, 0.15) is 0 Å². The van der Waals surface area contributed by atoms with Crippen molar-refractivity contribution in [1.82, 2.24) is 4.90 Å². The minimum atomic E-state index is 0.138. The van der Waals surface area contributed by atoms with Crippen molar-refractivity contribution in [2.24, 2.45) is 5.73 Å². The van der Waals surface area contributed by atoms with Crippen LogP contribution in [0.3, 0.4) is 0 Å². The van der Waals surface area contributed by atoms with Crippen LogP contribution in [0.5, 0.6) is 11.5 Å². The summed E-state index contributed by atoms with van der Waals surface area (Å²) in [5.74, 6) is 0.621. The van der Waals surface area contributed by atoms with E-state index in [0.717, 1.165) is 12.1 Å². The first-order chi connectivity index (χ1) is 9.58. The summed E-state index contributed by atoms with van der Waals surface area (Å²) < 4.78 is 5.88. The van der Waals surface area contributed by atoms with Crippen molar-refractivity contribution >= 4 is 15.9 Å². The summed E-state index contributed by atoms with van der Waals surface area (Å²) in [4.78, 5) is 2.46. The Labute approximate surface area is 129 Å². The molecule has 2 atom stereocenters. The molecular weight excluding hydrogens is 320 g/mol. The van der Waals surface area contributed by atoms with Gasteiger partial charge in [0.15, 0.2) is 11.5 Å². The van der Waals surface area contributed by atoms with Crippen LogP contribution in [0.2, 0.25) is 0 Å². The molecule has 1 saturated heterocycles. The molecule has 0 aliphatic carbocycles. The summed E-state index contributed by atoms with van der Waals surface area (Å²) in [6.45, 7) is 3.89. The third-order valence-corrected chi connectivity index (χ3v) is 4.74. The van der Waals surface area contributed by atoms with Gasteiger partial charge in [-0.1, -0.05) is 6.42 Å². The van der Waals surface area contributed by atoms with E-state index < -0.39 is 0 Å². The number of likely N-dealkylation sites (tertiary alicyclic amines) is 1. The second-order valence-corrected chi connectivity index (χ2v) is 6.24. The van der Waals surface area contributed by atoms with Crippen molar-refractivity contribution in [2.45, 2.75) is 38.3 Å². The van der Waals surface area contributed by atoms with Gasteiger partial charge < -0.3 is 15.6 Å². The van der Waals surface area contributed by atoms with Crippen LogP contribution in [0.15, 0.2) is 16.6 Å². The summed E-state index contributed by atoms with van der Waals surface area (Å²) in [7, 11) is 1.56. The maximum absolute atomic E-state index is 9.92. The summed E-state index contributed by atoms with van der Waals surface area (Å²) in [5, 5.41) is 9.92. The number of phenolic OH excluding ortho intramolecular Hbond substituents is 1. The smallest absolute Gasteiger partial charge is 0.172 e. The predicted octanol–water partition coefficient (Wildman–Crippen LogP) is 3.04. The van der Waals surface area contributed by atoms with Crippen LogP contribution in [0.25, 0.3) is 0 Å². The van der Waals surface area contributed by atoms with Crippen molar-refractivity contribution in [1.29, 1.82) is 0 Å². The molecule has 1 aliphatic heterocycles. The molecule has 0 aromatic heterocycles. The Bertz CT molecular complexity index is 467. The fourth-order valence-electron chi connectivity index (χ4n) is 2.99. The highest BCUT2D eigenvalue weighted by molar-refractivity contribution is 9.10. The molecule has 0 bridgehead atoms. The van der Waals surface area contributed by atoms with Crippen LogP contribution in [-0.4, -0.2) is 36.2 Å². The first-order valence-electron chi connectivity index (χ1n) is 7.10. The first kappa shape index (κ1) is 15.6. The zero-order chi connectivity index (χ0) is 14.7. The SMILES string of the molecule is COc1cc(C(CN)N2CCCCC2C)cc(Br)c1O. The average molecular weight is 343 g/mol. The normalized spacial score (nSPS) is 21.7. The Hall–Kier alpha value is -0.780. The number of ether oxygens (including phenoxy) is 1. The number of phenols is 1. The third kappa shape index (κ3) is 3.10. The summed E-state index contributed by atoms with van der Waals surface area (Å²) in [5.41, 5.74) is 7.10. The van der Waals surface area contributed by atoms with Gasteiger partial charge in [0.05, 0.1) is 11.6 Å². The maximum atomic E-state index is 9.92. The molecular formula is C15H23BrN2O2. The van der Waals surface area contributed by atoms with Crippen molar-refractivity contribution in [3.05, 3.63) is 22.2 Å². The highest BCUT2D eigenvalue weighted by Crippen LogP contribution is 2.38. The van der Waals surface area contributed by atoms with Crippen molar-refractivity contribution in [3.8, 4) is 11.5 Å². The van der Waals surface area contributed by atoms with Crippen molar-refractivity contribution in [3.63, 3.8) is 0 Å². The van der Waals surface area contributed by atoms with Gasteiger partial charge >= 0.3 is 0 Å². The highest BCUT2D eigenvalue weighted by atomic mass is 79.9. The molecule has 2 unspecified atom stereocenters. The number of rotatable bonds is 4. The largest absolute Gasteiger partial charge is 0.503 e. The van der Waals surface area contributed by atoms with Crippen molar-refractivity contribution < 1.29 is 9.84 Å². The monoisotopic (exact) mass is 342 g/mol. The average Bonchev–Trinajstić information content (AvgIpc) is 2.45. The number of halogens is 1. The molecule has 2 rings (SSSR count). The second-order valence-electron chi connectivity index (χ2n) is 5.39. The molecule has 0 spiro atoms. The fourth-order valence-corrected chi connectivity index (χ4v) is 3.45. The van der Waals surface area contributed by atoms with Crippen LogP contribution in [0.4, 0.5) is 0 Å². The highest BCUT2D eigenvalue weighted by Gasteiger charge is 2.27. The molecule has 1 heterocycles. The van der Waals surface area contributed by atoms with Crippen LogP contribution in [0.1, 0.15) is 37.8 Å². The van der Waals surface area contributed by atoms with E-state index in [1.165, 1.54) is 19.3 Å². The van der Waals surface area contributed by atoms with E-state index in [9.17, 15) is 5.11 Å². The summed E-state index contributed by atoms with van der Waals surface area (Å²) in [6.07, 6.45) is 3.72. The molecule has 112 valence electrons. The minimum absolute atomic E-state index is 0.138. The lowest BCUT2D eigenvalue weighted by Crippen LogP contribution is -2.43. The standard InChI is InChI=1S/C15H23BrN2O2/c1-10-5-3-4-6-18(10)13(9-17)11-7-12(16)15(19)14(8-11)20-2/h7-8,10,13,19H,3-6,9,17H2,1-2H3. The Morgan fingerprint density at radius 2 is 2.25 bits per heavy atom. The summed E-state index contributed by atoms with van der Waals surface area (Å²) >= 11 is 3.39. The van der Waals surface area contributed by atoms with Crippen LogP contribution < -0.4 is 10.5 Å². The van der Waals surface area contributed by atoms with Gasteiger partial charge in [-0.15, -0.1) is 0 Å². The number of nitrogens with zero attached hydrogens (tertiary/aromatic N) is 1. The predicted molar refractivity (Wildman–Crippen MR) is 84.2 cm³/mol. The van der Waals surface area contributed by atoms with Crippen LogP contribution >= 0.6 is 15.9 Å². The topological polar surface area (TPSA) is 58.7 Å². The lowest BCUT2D eigenvalue weighted by Gasteiger charge is -2.39. The lowest BCUT2D eigenvalue weighted by molar-refractivity contribution is 0.108. The number of hydrogen-bond acceptors (Lipinski definition) is 4. The number of aromatic hydroxyl groups is 1. The molecule has 1 aromatic rings. The Kier molecular flexibility index (Phi) is 5.29. The van der Waals surface area contributed by atoms with Crippen LogP contribution in [0, 0.1) is 0 Å². The van der Waals surface area contributed by atoms with Gasteiger partial charge in [0.2, 0.25) is 0 Å². The molecule has 0 saturated carbocycles. The van der Waals surface area contributed by atoms with E-state index in [0.29, 0.717) is 22.8 Å². The second kappa shape index (κ2) is 6.78. The van der Waals surface area contributed by atoms with E-state index in [1.54, 1.807) is 7.11 Å². The van der Waals surface area contributed by atoms with Gasteiger partial charge in [0.25, 0.3) is 0 Å². The molecule has 5 heteroatoms. The molecule has 4 nitrogen and oxygen atoms in total. The van der Waals surface area contributed by atoms with Gasteiger partial charge in [0, 0.05) is 18.6 Å². The number of nitrogens with two attached hydrogens (primary N) is 1. The number of piperidine rings is 1. The summed E-state index contributed by atoms with van der Waals surface area (Å²) in [6, 6.07) is 4.53. The molecule has 20 heavy (non-hydrogen) atoms. The van der Waals surface area contributed by atoms with Gasteiger partial charge in [-0.05, 0) is 59.9 Å². The zero-order valence-corrected chi connectivity index (χ0v) is 13.7. The molecule has 0 radical (unpaired) electrons.